The highest BCUT2D eigenvalue weighted by Gasteiger charge is 2.32. The van der Waals surface area contributed by atoms with Crippen LogP contribution in [0.2, 0.25) is 0 Å². The Morgan fingerprint density at radius 3 is 2.59 bits per heavy atom. The number of fused-ring (bicyclic) bond motifs is 1. The first-order chi connectivity index (χ1) is 15.3. The zero-order chi connectivity index (χ0) is 22.9. The first-order valence-electron chi connectivity index (χ1n) is 11.3. The lowest BCUT2D eigenvalue weighted by atomic mass is 10.0. The molecule has 0 saturated carbocycles. The molecule has 1 aliphatic rings. The molecule has 3 aromatic rings. The SMILES string of the molecule is CCCCNC(=O)c1cc(-c2ccc(CC)cc2)nc2c1c(C)nn2C1CCS(=O)(=O)C1. The van der Waals surface area contributed by atoms with E-state index < -0.39 is 9.84 Å². The Hall–Kier alpha value is -2.74. The molecule has 0 radical (unpaired) electrons. The van der Waals surface area contributed by atoms with Gasteiger partial charge >= 0.3 is 0 Å². The number of aryl methyl sites for hydroxylation is 2. The zero-order valence-electron chi connectivity index (χ0n) is 18.9. The van der Waals surface area contributed by atoms with Crippen LogP contribution in [0.5, 0.6) is 0 Å². The number of hydrogen-bond acceptors (Lipinski definition) is 5. The third-order valence-corrected chi connectivity index (χ3v) is 7.86. The van der Waals surface area contributed by atoms with Gasteiger partial charge in [0.05, 0.1) is 39.9 Å². The van der Waals surface area contributed by atoms with Crippen LogP contribution >= 0.6 is 0 Å². The topological polar surface area (TPSA) is 93.9 Å². The van der Waals surface area contributed by atoms with Gasteiger partial charge in [0.15, 0.2) is 15.5 Å². The number of carbonyl (C=O) groups is 1. The van der Waals surface area contributed by atoms with Crippen LogP contribution in [0.3, 0.4) is 0 Å². The van der Waals surface area contributed by atoms with Crippen molar-refractivity contribution in [1.29, 1.82) is 0 Å². The number of sulfone groups is 1. The number of nitrogens with zero attached hydrogens (tertiary/aromatic N) is 3. The van der Waals surface area contributed by atoms with E-state index in [1.807, 2.05) is 25.1 Å². The van der Waals surface area contributed by atoms with Gasteiger partial charge in [-0.15, -0.1) is 0 Å². The smallest absolute Gasteiger partial charge is 0.252 e. The standard InChI is InChI=1S/C24H30N4O3S/c1-4-6-12-25-24(29)20-14-21(18-9-7-17(5-2)8-10-18)26-23-22(20)16(3)27-28(23)19-11-13-32(30,31)15-19/h7-10,14,19H,4-6,11-13,15H2,1-3H3,(H,25,29). The van der Waals surface area contributed by atoms with Gasteiger partial charge < -0.3 is 5.32 Å². The van der Waals surface area contributed by atoms with E-state index in [1.54, 1.807) is 4.68 Å². The lowest BCUT2D eigenvalue weighted by molar-refractivity contribution is 0.0954. The molecule has 1 N–H and O–H groups in total. The van der Waals surface area contributed by atoms with Crippen LogP contribution in [-0.2, 0) is 16.3 Å². The number of carbonyl (C=O) groups excluding carboxylic acids is 1. The number of aromatic nitrogens is 3. The third-order valence-electron chi connectivity index (χ3n) is 6.11. The Balaban J connectivity index is 1.86. The fraction of sp³-hybridized carbons (Fsp3) is 0.458. The second-order valence-corrected chi connectivity index (χ2v) is 10.7. The van der Waals surface area contributed by atoms with E-state index >= 15 is 0 Å². The van der Waals surface area contributed by atoms with E-state index in [1.165, 1.54) is 5.56 Å². The van der Waals surface area contributed by atoms with Gasteiger partial charge in [0.2, 0.25) is 0 Å². The summed E-state index contributed by atoms with van der Waals surface area (Å²) in [6.45, 7) is 6.64. The van der Waals surface area contributed by atoms with Gasteiger partial charge in [-0.25, -0.2) is 18.1 Å². The van der Waals surface area contributed by atoms with E-state index in [2.05, 4.69) is 36.4 Å². The molecule has 170 valence electrons. The summed E-state index contributed by atoms with van der Waals surface area (Å²) in [6.07, 6.45) is 3.35. The molecule has 8 heteroatoms. The lowest BCUT2D eigenvalue weighted by Crippen LogP contribution is -2.25. The molecule has 32 heavy (non-hydrogen) atoms. The minimum Gasteiger partial charge on any atom is -0.352 e. The van der Waals surface area contributed by atoms with E-state index in [4.69, 9.17) is 4.98 Å². The average molecular weight is 455 g/mol. The number of benzene rings is 1. The third kappa shape index (κ3) is 4.41. The summed E-state index contributed by atoms with van der Waals surface area (Å²) in [5.74, 6) is 0.0536. The molecule has 2 aromatic heterocycles. The minimum absolute atomic E-state index is 0.0539. The average Bonchev–Trinajstić information content (AvgIpc) is 3.32. The largest absolute Gasteiger partial charge is 0.352 e. The van der Waals surface area contributed by atoms with Crippen molar-refractivity contribution < 1.29 is 13.2 Å². The lowest BCUT2D eigenvalue weighted by Gasteiger charge is -2.12. The fourth-order valence-corrected chi connectivity index (χ4v) is 5.94. The highest BCUT2D eigenvalue weighted by Crippen LogP contribution is 2.32. The van der Waals surface area contributed by atoms with Crippen LogP contribution in [0.15, 0.2) is 30.3 Å². The van der Waals surface area contributed by atoms with Gasteiger partial charge in [-0.1, -0.05) is 44.5 Å². The van der Waals surface area contributed by atoms with E-state index in [0.29, 0.717) is 41.0 Å². The summed E-state index contributed by atoms with van der Waals surface area (Å²) >= 11 is 0. The quantitative estimate of drug-likeness (QED) is 0.547. The maximum absolute atomic E-state index is 13.1. The molecular formula is C24H30N4O3S. The van der Waals surface area contributed by atoms with Gasteiger partial charge in [0.1, 0.15) is 0 Å². The van der Waals surface area contributed by atoms with Crippen LogP contribution in [0, 0.1) is 6.92 Å². The summed E-state index contributed by atoms with van der Waals surface area (Å²) in [4.78, 5) is 18.0. The van der Waals surface area contributed by atoms with Crippen LogP contribution in [0.4, 0.5) is 0 Å². The van der Waals surface area contributed by atoms with Crippen molar-refractivity contribution in [2.75, 3.05) is 18.1 Å². The van der Waals surface area contributed by atoms with Gasteiger partial charge in [-0.2, -0.15) is 5.10 Å². The van der Waals surface area contributed by atoms with E-state index in [0.717, 1.165) is 24.8 Å². The number of nitrogens with one attached hydrogen (secondary N) is 1. The predicted octanol–water partition coefficient (Wildman–Crippen LogP) is 3.86. The maximum Gasteiger partial charge on any atom is 0.252 e. The molecule has 1 aliphatic heterocycles. The number of amides is 1. The van der Waals surface area contributed by atoms with Crippen molar-refractivity contribution in [3.63, 3.8) is 0 Å². The number of hydrogen-bond donors (Lipinski definition) is 1. The van der Waals surface area contributed by atoms with Crippen LogP contribution in [0.1, 0.15) is 60.8 Å². The zero-order valence-corrected chi connectivity index (χ0v) is 19.7. The molecule has 4 rings (SSSR count). The van der Waals surface area contributed by atoms with Crippen LogP contribution in [0.25, 0.3) is 22.3 Å². The summed E-state index contributed by atoms with van der Waals surface area (Å²) in [7, 11) is -3.08. The van der Waals surface area contributed by atoms with Crippen LogP contribution in [-0.4, -0.2) is 47.1 Å². The molecule has 0 spiro atoms. The minimum atomic E-state index is -3.08. The normalized spacial score (nSPS) is 17.7. The fourth-order valence-electron chi connectivity index (χ4n) is 4.25. The molecule has 1 amide bonds. The molecular weight excluding hydrogens is 424 g/mol. The Morgan fingerprint density at radius 1 is 1.22 bits per heavy atom. The molecule has 1 atom stereocenters. The molecule has 1 saturated heterocycles. The Bertz CT molecular complexity index is 1250. The Labute approximate surface area is 189 Å². The van der Waals surface area contributed by atoms with Crippen molar-refractivity contribution in [3.8, 4) is 11.3 Å². The second-order valence-electron chi connectivity index (χ2n) is 8.50. The number of rotatable bonds is 7. The van der Waals surface area contributed by atoms with Crippen molar-refractivity contribution in [2.45, 2.75) is 52.5 Å². The first kappa shape index (κ1) is 22.5. The summed E-state index contributed by atoms with van der Waals surface area (Å²) in [5.41, 5.74) is 4.61. The molecule has 1 unspecified atom stereocenters. The van der Waals surface area contributed by atoms with Gasteiger partial charge in [0.25, 0.3) is 5.91 Å². The molecule has 1 fully saturated rings. The monoisotopic (exact) mass is 454 g/mol. The molecule has 3 heterocycles. The Morgan fingerprint density at radius 2 is 1.97 bits per heavy atom. The number of unbranched alkanes of at least 4 members (excludes halogenated alkanes) is 1. The van der Waals surface area contributed by atoms with Gasteiger partial charge in [0, 0.05) is 12.1 Å². The highest BCUT2D eigenvalue weighted by molar-refractivity contribution is 7.91. The summed E-state index contributed by atoms with van der Waals surface area (Å²) in [6, 6.07) is 9.72. The highest BCUT2D eigenvalue weighted by atomic mass is 32.2. The van der Waals surface area contributed by atoms with Crippen molar-refractivity contribution >= 4 is 26.8 Å². The van der Waals surface area contributed by atoms with E-state index in [9.17, 15) is 13.2 Å². The molecule has 7 nitrogen and oxygen atoms in total. The van der Waals surface area contributed by atoms with Crippen LogP contribution < -0.4 is 5.32 Å². The molecule has 0 bridgehead atoms. The maximum atomic E-state index is 13.1. The summed E-state index contributed by atoms with van der Waals surface area (Å²) < 4.78 is 25.9. The second kappa shape index (κ2) is 9.02. The molecule has 0 aliphatic carbocycles. The Kier molecular flexibility index (Phi) is 6.33. The van der Waals surface area contributed by atoms with Crippen molar-refractivity contribution in [1.82, 2.24) is 20.1 Å². The van der Waals surface area contributed by atoms with Crippen molar-refractivity contribution in [3.05, 3.63) is 47.2 Å². The van der Waals surface area contributed by atoms with Gasteiger partial charge in [-0.05, 0) is 37.8 Å². The first-order valence-corrected chi connectivity index (χ1v) is 13.1. The molecule has 1 aromatic carbocycles. The summed E-state index contributed by atoms with van der Waals surface area (Å²) in [5, 5.41) is 8.35. The van der Waals surface area contributed by atoms with Crippen molar-refractivity contribution in [2.24, 2.45) is 0 Å². The predicted molar refractivity (Wildman–Crippen MR) is 127 cm³/mol. The number of pyridine rings is 1. The van der Waals surface area contributed by atoms with E-state index in [-0.39, 0.29) is 23.5 Å². The van der Waals surface area contributed by atoms with Gasteiger partial charge in [-0.3, -0.25) is 4.79 Å².